The zero-order valence-corrected chi connectivity index (χ0v) is 11.1. The number of rotatable bonds is 5. The first-order valence-electron chi connectivity index (χ1n) is 5.86. The lowest BCUT2D eigenvalue weighted by Crippen LogP contribution is -1.99. The number of carbonyl (C=O) groups is 1. The molecule has 0 aromatic carbocycles. The molecule has 2 heterocycles. The lowest BCUT2D eigenvalue weighted by atomic mass is 10.2. The minimum absolute atomic E-state index is 0.369. The number of aromatic nitrogens is 3. The molecule has 6 nitrogen and oxygen atoms in total. The lowest BCUT2D eigenvalue weighted by Gasteiger charge is -2.10. The molecule has 0 saturated heterocycles. The van der Waals surface area contributed by atoms with E-state index in [-0.39, 0.29) is 0 Å². The van der Waals surface area contributed by atoms with Crippen molar-refractivity contribution in [2.45, 2.75) is 6.92 Å². The second-order valence-corrected chi connectivity index (χ2v) is 3.85. The number of hydrogen-bond acceptors (Lipinski definition) is 5. The number of hydrogen-bond donors (Lipinski definition) is 0. The van der Waals surface area contributed by atoms with Crippen LogP contribution < -0.4 is 9.47 Å². The minimum Gasteiger partial charge on any atom is -0.496 e. The molecule has 0 radical (unpaired) electrons. The average molecular weight is 261 g/mol. The van der Waals surface area contributed by atoms with Gasteiger partial charge in [-0.2, -0.15) is 5.10 Å². The first-order valence-corrected chi connectivity index (χ1v) is 5.86. The highest BCUT2D eigenvalue weighted by Gasteiger charge is 2.13. The molecule has 0 fully saturated rings. The van der Waals surface area contributed by atoms with Gasteiger partial charge in [-0.15, -0.1) is 0 Å². The highest BCUT2D eigenvalue weighted by molar-refractivity contribution is 5.77. The molecule has 0 aliphatic carbocycles. The number of carbonyl (C=O) groups excluding carboxylic acids is 1. The monoisotopic (exact) mass is 261 g/mol. The quantitative estimate of drug-likeness (QED) is 0.766. The van der Waals surface area contributed by atoms with Gasteiger partial charge in [0.15, 0.2) is 6.29 Å². The summed E-state index contributed by atoms with van der Waals surface area (Å²) in [7, 11) is 3.34. The van der Waals surface area contributed by atoms with Gasteiger partial charge in [-0.25, -0.2) is 4.98 Å². The maximum atomic E-state index is 10.8. The third kappa shape index (κ3) is 2.57. The van der Waals surface area contributed by atoms with E-state index in [2.05, 4.69) is 10.1 Å². The van der Waals surface area contributed by atoms with Crippen LogP contribution in [0.4, 0.5) is 0 Å². The standard InChI is InChI=1S/C13H15N3O3/c1-4-19-13-6-12(18-3)10(7-14-13)11-5-9(8-17)15-16(11)2/h5-8H,4H2,1-3H3. The fourth-order valence-corrected chi connectivity index (χ4v) is 1.81. The van der Waals surface area contributed by atoms with Crippen molar-refractivity contribution in [3.63, 3.8) is 0 Å². The van der Waals surface area contributed by atoms with Crippen molar-refractivity contribution in [3.05, 3.63) is 24.0 Å². The van der Waals surface area contributed by atoms with Crippen LogP contribution in [0.15, 0.2) is 18.3 Å². The van der Waals surface area contributed by atoms with Crippen molar-refractivity contribution in [2.24, 2.45) is 7.05 Å². The topological polar surface area (TPSA) is 66.2 Å². The van der Waals surface area contributed by atoms with Gasteiger partial charge in [-0.3, -0.25) is 9.48 Å². The van der Waals surface area contributed by atoms with Crippen LogP contribution >= 0.6 is 0 Å². The molecule has 0 aliphatic heterocycles. The molecular formula is C13H15N3O3. The number of aryl methyl sites for hydroxylation is 1. The molecule has 0 atom stereocenters. The summed E-state index contributed by atoms with van der Waals surface area (Å²) in [5.74, 6) is 1.12. The molecule has 6 heteroatoms. The third-order valence-electron chi connectivity index (χ3n) is 2.65. The number of nitrogens with zero attached hydrogens (tertiary/aromatic N) is 3. The summed E-state index contributed by atoms with van der Waals surface area (Å²) >= 11 is 0. The second-order valence-electron chi connectivity index (χ2n) is 3.85. The second kappa shape index (κ2) is 5.51. The molecule has 19 heavy (non-hydrogen) atoms. The normalized spacial score (nSPS) is 10.3. The van der Waals surface area contributed by atoms with E-state index in [0.717, 1.165) is 11.3 Å². The molecule has 0 aliphatic rings. The van der Waals surface area contributed by atoms with Crippen LogP contribution in [0.25, 0.3) is 11.3 Å². The third-order valence-corrected chi connectivity index (χ3v) is 2.65. The molecule has 0 amide bonds. The summed E-state index contributed by atoms with van der Waals surface area (Å²) in [5, 5.41) is 4.07. The van der Waals surface area contributed by atoms with Crippen LogP contribution in [-0.4, -0.2) is 34.8 Å². The summed E-state index contributed by atoms with van der Waals surface area (Å²) < 4.78 is 12.3. The van der Waals surface area contributed by atoms with Crippen LogP contribution in [0.3, 0.4) is 0 Å². The van der Waals surface area contributed by atoms with E-state index in [1.165, 1.54) is 0 Å². The Morgan fingerprint density at radius 2 is 2.21 bits per heavy atom. The largest absolute Gasteiger partial charge is 0.496 e. The van der Waals surface area contributed by atoms with E-state index >= 15 is 0 Å². The molecule has 0 unspecified atom stereocenters. The minimum atomic E-state index is 0.369. The Morgan fingerprint density at radius 3 is 2.79 bits per heavy atom. The summed E-state index contributed by atoms with van der Waals surface area (Å²) in [5.41, 5.74) is 1.89. The molecule has 0 bridgehead atoms. The van der Waals surface area contributed by atoms with Gasteiger partial charge in [0.1, 0.15) is 11.4 Å². The molecule has 100 valence electrons. The van der Waals surface area contributed by atoms with Crippen molar-refractivity contribution in [1.29, 1.82) is 0 Å². The summed E-state index contributed by atoms with van der Waals surface area (Å²) in [6.45, 7) is 2.43. The summed E-state index contributed by atoms with van der Waals surface area (Å²) in [6.07, 6.45) is 2.35. The molecule has 2 aromatic heterocycles. The first-order chi connectivity index (χ1) is 9.19. The van der Waals surface area contributed by atoms with E-state index in [1.54, 1.807) is 37.2 Å². The van der Waals surface area contributed by atoms with Gasteiger partial charge < -0.3 is 9.47 Å². The van der Waals surface area contributed by atoms with Gasteiger partial charge in [-0.05, 0) is 13.0 Å². The van der Waals surface area contributed by atoms with Gasteiger partial charge in [0.05, 0.1) is 25.0 Å². The van der Waals surface area contributed by atoms with E-state index in [1.807, 2.05) is 6.92 Å². The smallest absolute Gasteiger partial charge is 0.216 e. The number of aldehydes is 1. The maximum Gasteiger partial charge on any atom is 0.216 e. The lowest BCUT2D eigenvalue weighted by molar-refractivity contribution is 0.111. The number of pyridine rings is 1. The number of methoxy groups -OCH3 is 1. The zero-order valence-electron chi connectivity index (χ0n) is 11.1. The van der Waals surface area contributed by atoms with Gasteiger partial charge in [0.25, 0.3) is 0 Å². The van der Waals surface area contributed by atoms with Gasteiger partial charge >= 0.3 is 0 Å². The molecule has 0 N–H and O–H groups in total. The molecule has 2 aromatic rings. The highest BCUT2D eigenvalue weighted by Crippen LogP contribution is 2.31. The SMILES string of the molecule is CCOc1cc(OC)c(-c2cc(C=O)nn2C)cn1. The fraction of sp³-hybridized carbons (Fsp3) is 0.308. The Morgan fingerprint density at radius 1 is 1.42 bits per heavy atom. The fourth-order valence-electron chi connectivity index (χ4n) is 1.81. The van der Waals surface area contributed by atoms with Crippen molar-refractivity contribution in [1.82, 2.24) is 14.8 Å². The predicted molar refractivity (Wildman–Crippen MR) is 69.5 cm³/mol. The van der Waals surface area contributed by atoms with Crippen LogP contribution in [0.5, 0.6) is 11.6 Å². The molecular weight excluding hydrogens is 246 g/mol. The van der Waals surface area contributed by atoms with E-state index in [9.17, 15) is 4.79 Å². The van der Waals surface area contributed by atoms with E-state index in [0.29, 0.717) is 30.2 Å². The van der Waals surface area contributed by atoms with Crippen LogP contribution in [0.1, 0.15) is 17.4 Å². The van der Waals surface area contributed by atoms with Crippen LogP contribution in [0.2, 0.25) is 0 Å². The Bertz CT molecular complexity index is 593. The molecule has 2 rings (SSSR count). The average Bonchev–Trinajstić information content (AvgIpc) is 2.80. The Kier molecular flexibility index (Phi) is 3.79. The van der Waals surface area contributed by atoms with Gasteiger partial charge in [-0.1, -0.05) is 0 Å². The van der Waals surface area contributed by atoms with Crippen molar-refractivity contribution < 1.29 is 14.3 Å². The number of ether oxygens (including phenoxy) is 2. The first kappa shape index (κ1) is 13.1. The van der Waals surface area contributed by atoms with Gasteiger partial charge in [0, 0.05) is 19.3 Å². The van der Waals surface area contributed by atoms with E-state index < -0.39 is 0 Å². The van der Waals surface area contributed by atoms with E-state index in [4.69, 9.17) is 9.47 Å². The summed E-state index contributed by atoms with van der Waals surface area (Å²) in [6, 6.07) is 3.40. The molecule has 0 spiro atoms. The van der Waals surface area contributed by atoms with Crippen molar-refractivity contribution in [3.8, 4) is 22.9 Å². The summed E-state index contributed by atoms with van der Waals surface area (Å²) in [4.78, 5) is 15.0. The van der Waals surface area contributed by atoms with Crippen molar-refractivity contribution >= 4 is 6.29 Å². The van der Waals surface area contributed by atoms with Gasteiger partial charge in [0.2, 0.25) is 5.88 Å². The van der Waals surface area contributed by atoms with Crippen LogP contribution in [-0.2, 0) is 7.05 Å². The highest BCUT2D eigenvalue weighted by atomic mass is 16.5. The Balaban J connectivity index is 2.48. The van der Waals surface area contributed by atoms with Crippen LogP contribution in [0, 0.1) is 0 Å². The molecule has 0 saturated carbocycles. The maximum absolute atomic E-state index is 10.8. The predicted octanol–water partition coefficient (Wildman–Crippen LogP) is 1.70. The Hall–Kier alpha value is -2.37. The Labute approximate surface area is 111 Å². The van der Waals surface area contributed by atoms with Crippen molar-refractivity contribution in [2.75, 3.05) is 13.7 Å². The zero-order chi connectivity index (χ0) is 13.8.